The van der Waals surface area contributed by atoms with Crippen molar-refractivity contribution in [2.24, 2.45) is 5.92 Å². The van der Waals surface area contributed by atoms with Crippen molar-refractivity contribution in [3.05, 3.63) is 47.2 Å². The van der Waals surface area contributed by atoms with Crippen molar-refractivity contribution in [1.82, 2.24) is 19.9 Å². The molecule has 174 valence electrons. The molecule has 7 nitrogen and oxygen atoms in total. The topological polar surface area (TPSA) is 79.3 Å². The van der Waals surface area contributed by atoms with Gasteiger partial charge in [-0.25, -0.2) is 9.97 Å². The van der Waals surface area contributed by atoms with Crippen LogP contribution < -0.4 is 4.90 Å². The summed E-state index contributed by atoms with van der Waals surface area (Å²) in [4.78, 5) is 43.8. The van der Waals surface area contributed by atoms with Crippen LogP contribution in [0.25, 0.3) is 0 Å². The molecule has 0 aromatic carbocycles. The highest BCUT2D eigenvalue weighted by molar-refractivity contribution is 5.95. The predicted octanol–water partition coefficient (Wildman–Crippen LogP) is 4.06. The summed E-state index contributed by atoms with van der Waals surface area (Å²) in [5.41, 5.74) is 2.57. The Labute approximate surface area is 195 Å². The lowest BCUT2D eigenvalue weighted by Gasteiger charge is -2.35. The first-order valence-corrected chi connectivity index (χ1v) is 12.5. The minimum Gasteiger partial charge on any atom is -0.337 e. The number of fused-ring (bicyclic) bond motifs is 1. The number of hydrogen-bond acceptors (Lipinski definition) is 5. The summed E-state index contributed by atoms with van der Waals surface area (Å²) in [7, 11) is 0. The van der Waals surface area contributed by atoms with Crippen LogP contribution in [-0.4, -0.2) is 51.3 Å². The van der Waals surface area contributed by atoms with E-state index in [9.17, 15) is 9.59 Å². The Hall–Kier alpha value is -2.83. The van der Waals surface area contributed by atoms with Crippen LogP contribution in [0.5, 0.6) is 0 Å². The third-order valence-corrected chi connectivity index (χ3v) is 7.48. The van der Waals surface area contributed by atoms with E-state index in [4.69, 9.17) is 9.97 Å². The van der Waals surface area contributed by atoms with Gasteiger partial charge in [0.25, 0.3) is 5.91 Å². The first kappa shape index (κ1) is 22.0. The minimum atomic E-state index is -0.0379. The number of carbonyl (C=O) groups excluding carboxylic acids is 2. The van der Waals surface area contributed by atoms with E-state index in [0.717, 1.165) is 55.3 Å². The van der Waals surface area contributed by atoms with Crippen LogP contribution >= 0.6 is 0 Å². The van der Waals surface area contributed by atoms with E-state index < -0.39 is 0 Å². The average Bonchev–Trinajstić information content (AvgIpc) is 2.86. The lowest BCUT2D eigenvalue weighted by atomic mass is 9.88. The van der Waals surface area contributed by atoms with E-state index >= 15 is 0 Å². The van der Waals surface area contributed by atoms with Gasteiger partial charge >= 0.3 is 0 Å². The number of nitrogens with zero attached hydrogens (tertiary/aromatic N) is 5. The van der Waals surface area contributed by atoms with Gasteiger partial charge in [0.15, 0.2) is 0 Å². The zero-order chi connectivity index (χ0) is 22.8. The van der Waals surface area contributed by atoms with E-state index in [0.29, 0.717) is 24.6 Å². The number of hydrogen-bond donors (Lipinski definition) is 0. The number of likely N-dealkylation sites (tertiary alicyclic amines) is 1. The molecule has 0 spiro atoms. The first-order chi connectivity index (χ1) is 16.1. The standard InChI is InChI=1S/C26H33N5O2/c1-18-21-12-13-23(32)31(16-19-8-3-2-4-9-19)25(21)29-24(28-18)20-10-7-15-30(17-20)26(33)22-11-5-6-14-27-22/h5-6,11,14,19-20H,2-4,7-10,12-13,15-17H2,1H3. The average molecular weight is 448 g/mol. The van der Waals surface area contributed by atoms with Crippen molar-refractivity contribution in [3.63, 3.8) is 0 Å². The van der Waals surface area contributed by atoms with Crippen molar-refractivity contribution in [1.29, 1.82) is 0 Å². The summed E-state index contributed by atoms with van der Waals surface area (Å²) in [5.74, 6) is 2.38. The van der Waals surface area contributed by atoms with Crippen molar-refractivity contribution < 1.29 is 9.59 Å². The van der Waals surface area contributed by atoms with Crippen molar-refractivity contribution in [2.75, 3.05) is 24.5 Å². The molecule has 1 unspecified atom stereocenters. The molecule has 0 radical (unpaired) electrons. The van der Waals surface area contributed by atoms with Gasteiger partial charge in [0.1, 0.15) is 17.3 Å². The highest BCUT2D eigenvalue weighted by atomic mass is 16.2. The third kappa shape index (κ3) is 4.63. The number of rotatable bonds is 4. The van der Waals surface area contributed by atoms with Crippen LogP contribution in [0.3, 0.4) is 0 Å². The van der Waals surface area contributed by atoms with Crippen LogP contribution in [0, 0.1) is 12.8 Å². The van der Waals surface area contributed by atoms with Gasteiger partial charge in [-0.3, -0.25) is 19.5 Å². The third-order valence-electron chi connectivity index (χ3n) is 7.48. The molecule has 1 aliphatic carbocycles. The van der Waals surface area contributed by atoms with E-state index in [2.05, 4.69) is 4.98 Å². The van der Waals surface area contributed by atoms with Gasteiger partial charge in [0.05, 0.1) is 0 Å². The van der Waals surface area contributed by atoms with Gasteiger partial charge in [-0.05, 0) is 57.1 Å². The van der Waals surface area contributed by atoms with Crippen LogP contribution in [0.2, 0.25) is 0 Å². The number of aromatic nitrogens is 3. The number of aryl methyl sites for hydroxylation is 1. The molecule has 3 aliphatic rings. The second kappa shape index (κ2) is 9.57. The molecule has 2 aromatic rings. The van der Waals surface area contributed by atoms with Crippen molar-refractivity contribution >= 4 is 17.6 Å². The van der Waals surface area contributed by atoms with Gasteiger partial charge in [0, 0.05) is 49.4 Å². The fraction of sp³-hybridized carbons (Fsp3) is 0.577. The number of piperidine rings is 1. The van der Waals surface area contributed by atoms with Gasteiger partial charge in [-0.15, -0.1) is 0 Å². The Morgan fingerprint density at radius 2 is 1.91 bits per heavy atom. The fourth-order valence-electron chi connectivity index (χ4n) is 5.63. The molecule has 33 heavy (non-hydrogen) atoms. The Morgan fingerprint density at radius 3 is 2.70 bits per heavy atom. The predicted molar refractivity (Wildman–Crippen MR) is 126 cm³/mol. The Morgan fingerprint density at radius 1 is 1.06 bits per heavy atom. The van der Waals surface area contributed by atoms with Crippen molar-refractivity contribution in [3.8, 4) is 0 Å². The Balaban J connectivity index is 1.39. The number of pyridine rings is 1. The maximum atomic E-state index is 13.0. The van der Waals surface area contributed by atoms with E-state index in [1.165, 1.54) is 32.1 Å². The zero-order valence-electron chi connectivity index (χ0n) is 19.5. The van der Waals surface area contributed by atoms with Crippen LogP contribution in [0.4, 0.5) is 5.82 Å². The molecule has 0 N–H and O–H groups in total. The summed E-state index contributed by atoms with van der Waals surface area (Å²) < 4.78 is 0. The van der Waals surface area contributed by atoms with E-state index in [1.807, 2.05) is 28.9 Å². The molecule has 1 atom stereocenters. The Bertz CT molecular complexity index is 1020. The number of anilines is 1. The van der Waals surface area contributed by atoms with E-state index in [-0.39, 0.29) is 17.7 Å². The summed E-state index contributed by atoms with van der Waals surface area (Å²) in [5, 5.41) is 0. The molecule has 0 bridgehead atoms. The molecule has 5 rings (SSSR count). The molecule has 2 fully saturated rings. The summed E-state index contributed by atoms with van der Waals surface area (Å²) in [6.07, 6.45) is 11.0. The number of carbonyl (C=O) groups is 2. The first-order valence-electron chi connectivity index (χ1n) is 12.5. The molecule has 1 saturated carbocycles. The second-order valence-electron chi connectivity index (χ2n) is 9.78. The van der Waals surface area contributed by atoms with Gasteiger partial charge < -0.3 is 4.90 Å². The maximum absolute atomic E-state index is 13.0. The molecule has 2 amide bonds. The van der Waals surface area contributed by atoms with Gasteiger partial charge in [-0.1, -0.05) is 25.3 Å². The summed E-state index contributed by atoms with van der Waals surface area (Å²) in [6, 6.07) is 5.43. The normalized spacial score (nSPS) is 21.7. The molecule has 7 heteroatoms. The molecule has 2 aliphatic heterocycles. The molecule has 1 saturated heterocycles. The molecule has 2 aromatic heterocycles. The van der Waals surface area contributed by atoms with Crippen LogP contribution in [-0.2, 0) is 11.2 Å². The smallest absolute Gasteiger partial charge is 0.272 e. The molecular formula is C26H33N5O2. The zero-order valence-corrected chi connectivity index (χ0v) is 19.5. The van der Waals surface area contributed by atoms with E-state index in [1.54, 1.807) is 12.3 Å². The van der Waals surface area contributed by atoms with Gasteiger partial charge in [-0.2, -0.15) is 0 Å². The van der Waals surface area contributed by atoms with Crippen LogP contribution in [0.15, 0.2) is 24.4 Å². The highest BCUT2D eigenvalue weighted by Crippen LogP contribution is 2.34. The lowest BCUT2D eigenvalue weighted by Crippen LogP contribution is -2.42. The summed E-state index contributed by atoms with van der Waals surface area (Å²) >= 11 is 0. The monoisotopic (exact) mass is 447 g/mol. The maximum Gasteiger partial charge on any atom is 0.272 e. The number of amides is 2. The quantitative estimate of drug-likeness (QED) is 0.706. The second-order valence-corrected chi connectivity index (χ2v) is 9.78. The minimum absolute atomic E-state index is 0.0379. The SMILES string of the molecule is Cc1nc(C2CCCN(C(=O)c3ccccn3)C2)nc2c1CCC(=O)N2CC1CCCCC1. The van der Waals surface area contributed by atoms with Crippen molar-refractivity contribution in [2.45, 2.75) is 70.6 Å². The molecular weight excluding hydrogens is 414 g/mol. The summed E-state index contributed by atoms with van der Waals surface area (Å²) in [6.45, 7) is 4.13. The molecule has 4 heterocycles. The van der Waals surface area contributed by atoms with Crippen LogP contribution in [0.1, 0.15) is 84.9 Å². The fourth-order valence-corrected chi connectivity index (χ4v) is 5.63. The largest absolute Gasteiger partial charge is 0.337 e. The van der Waals surface area contributed by atoms with Gasteiger partial charge in [0.2, 0.25) is 5.91 Å². The Kier molecular flexibility index (Phi) is 6.38. The lowest BCUT2D eigenvalue weighted by molar-refractivity contribution is -0.119. The highest BCUT2D eigenvalue weighted by Gasteiger charge is 2.33.